The molecule has 0 N–H and O–H groups in total. The van der Waals surface area contributed by atoms with E-state index in [2.05, 4.69) is 168 Å². The van der Waals surface area contributed by atoms with Crippen molar-refractivity contribution in [2.24, 2.45) is 11.3 Å². The van der Waals surface area contributed by atoms with Gasteiger partial charge in [-0.3, -0.25) is 0 Å². The molecule has 0 nitrogen and oxygen atoms in total. The van der Waals surface area contributed by atoms with E-state index in [1.807, 2.05) is 0 Å². The van der Waals surface area contributed by atoms with E-state index in [1.54, 1.807) is 15.3 Å². The second kappa shape index (κ2) is 15.2. The molecule has 5 aromatic carbocycles. The molecule has 0 saturated heterocycles. The van der Waals surface area contributed by atoms with Crippen LogP contribution in [0, 0.1) is 11.3 Å². The Morgan fingerprint density at radius 1 is 0.688 bits per heavy atom. The van der Waals surface area contributed by atoms with E-state index in [1.165, 1.54) is 62.9 Å². The molecule has 0 bridgehead atoms. The summed E-state index contributed by atoms with van der Waals surface area (Å²) in [4.78, 5) is 0. The van der Waals surface area contributed by atoms with E-state index in [9.17, 15) is 0 Å². The molecule has 0 spiro atoms. The third kappa shape index (κ3) is 6.98. The van der Waals surface area contributed by atoms with Crippen molar-refractivity contribution in [1.82, 2.24) is 0 Å². The van der Waals surface area contributed by atoms with E-state index in [4.69, 9.17) is 0 Å². The fraction of sp³-hybridized carbons (Fsp3) is 0.222. The predicted octanol–water partition coefficient (Wildman–Crippen LogP) is 5.37. The molecular weight excluding hydrogens is 703 g/mol. The van der Waals surface area contributed by atoms with Crippen molar-refractivity contribution in [3.8, 4) is 33.4 Å². The van der Waals surface area contributed by atoms with Gasteiger partial charge in [0, 0.05) is 0 Å². The minimum absolute atomic E-state index is 0. The van der Waals surface area contributed by atoms with Gasteiger partial charge in [0.25, 0.3) is 0 Å². The number of hydrogen-bond acceptors (Lipinski definition) is 0. The third-order valence-electron chi connectivity index (χ3n) is 9.94. The van der Waals surface area contributed by atoms with Gasteiger partial charge in [0.2, 0.25) is 0 Å². The van der Waals surface area contributed by atoms with Crippen LogP contribution in [0.4, 0.5) is 0 Å². The summed E-state index contributed by atoms with van der Waals surface area (Å²) in [6, 6.07) is 45.4. The van der Waals surface area contributed by atoms with Crippen LogP contribution in [0.15, 0.2) is 142 Å². The first-order chi connectivity index (χ1) is 22.3. The topological polar surface area (TPSA) is 0 Å². The van der Waals surface area contributed by atoms with Gasteiger partial charge in [-0.15, -0.1) is 0 Å². The van der Waals surface area contributed by atoms with Gasteiger partial charge in [-0.05, 0) is 0 Å². The molecule has 5 aromatic rings. The minimum Gasteiger partial charge on any atom is -1.00 e. The van der Waals surface area contributed by atoms with Crippen molar-refractivity contribution in [1.29, 1.82) is 0 Å². The Hall–Kier alpha value is -3.09. The number of benzene rings is 5. The van der Waals surface area contributed by atoms with Crippen LogP contribution in [-0.2, 0) is 27.7 Å². The zero-order valence-electron chi connectivity index (χ0n) is 28.7. The van der Waals surface area contributed by atoms with Gasteiger partial charge >= 0.3 is 285 Å². The Kier molecular flexibility index (Phi) is 11.5. The number of fused-ring (bicyclic) bond motifs is 3. The largest absolute Gasteiger partial charge is 1.00 e. The molecular formula is C45H44Cl2Zr. The molecule has 0 radical (unpaired) electrons. The summed E-state index contributed by atoms with van der Waals surface area (Å²) in [5, 5.41) is 0. The summed E-state index contributed by atoms with van der Waals surface area (Å²) in [7, 11) is 0. The molecule has 2 aliphatic rings. The first-order valence-corrected chi connectivity index (χ1v) is 20.6. The molecule has 3 heteroatoms. The maximum Gasteiger partial charge on any atom is -1.00 e. The van der Waals surface area contributed by atoms with Gasteiger partial charge in [0.15, 0.2) is 0 Å². The molecule has 0 aliphatic heterocycles. The van der Waals surface area contributed by atoms with Crippen molar-refractivity contribution in [3.05, 3.63) is 159 Å². The van der Waals surface area contributed by atoms with Crippen molar-refractivity contribution < 1.29 is 46.1 Å². The summed E-state index contributed by atoms with van der Waals surface area (Å²) in [6.07, 6.45) is 8.73. The van der Waals surface area contributed by atoms with E-state index in [0.717, 1.165) is 6.42 Å². The zero-order valence-corrected chi connectivity index (χ0v) is 32.6. The van der Waals surface area contributed by atoms with Crippen LogP contribution in [0.25, 0.3) is 33.4 Å². The van der Waals surface area contributed by atoms with Gasteiger partial charge in [0.05, 0.1) is 0 Å². The van der Waals surface area contributed by atoms with Gasteiger partial charge in [-0.25, -0.2) is 0 Å². The predicted molar refractivity (Wildman–Crippen MR) is 195 cm³/mol. The maximum absolute atomic E-state index is 2.76. The van der Waals surface area contributed by atoms with Crippen molar-refractivity contribution in [3.63, 3.8) is 0 Å². The van der Waals surface area contributed by atoms with Crippen LogP contribution in [-0.4, -0.2) is 3.21 Å². The summed E-state index contributed by atoms with van der Waals surface area (Å²) in [6.45, 7) is 12.0. The second-order valence-corrected chi connectivity index (χ2v) is 20.4. The summed E-state index contributed by atoms with van der Waals surface area (Å²) < 4.78 is 5.06. The second-order valence-electron chi connectivity index (χ2n) is 14.0. The van der Waals surface area contributed by atoms with Crippen LogP contribution in [0.3, 0.4) is 0 Å². The molecule has 0 saturated carbocycles. The Morgan fingerprint density at radius 3 is 1.90 bits per heavy atom. The van der Waals surface area contributed by atoms with E-state index < -0.39 is 21.3 Å². The molecule has 1 atom stereocenters. The van der Waals surface area contributed by atoms with Crippen LogP contribution in [0.5, 0.6) is 0 Å². The van der Waals surface area contributed by atoms with Crippen LogP contribution in [0.1, 0.15) is 64.2 Å². The summed E-state index contributed by atoms with van der Waals surface area (Å²) in [5.41, 5.74) is 14.3. The van der Waals surface area contributed by atoms with E-state index in [0.29, 0.717) is 5.92 Å². The van der Waals surface area contributed by atoms with Gasteiger partial charge in [-0.1, -0.05) is 0 Å². The third-order valence-corrected chi connectivity index (χ3v) is 17.8. The number of rotatable bonds is 7. The molecule has 0 aromatic heterocycles. The SMILES string of the molecule is CCCC1C=C(C(C)(C)C)C=[C]1/[Zr+2](=[C](\C)c1ccccc1)[c]1c(-c2ccccc2)ccc2c1Cc1cc(-c3ccccc3)ccc1-2.[Cl-].[Cl-]. The van der Waals surface area contributed by atoms with Crippen LogP contribution < -0.4 is 28.1 Å². The van der Waals surface area contributed by atoms with Crippen molar-refractivity contribution in [2.45, 2.75) is 53.9 Å². The maximum atomic E-state index is 2.67. The summed E-state index contributed by atoms with van der Waals surface area (Å²) >= 11 is -2.76. The molecule has 7 rings (SSSR count). The van der Waals surface area contributed by atoms with Crippen molar-refractivity contribution >= 4 is 6.48 Å². The first kappa shape index (κ1) is 36.2. The Labute approximate surface area is 308 Å². The molecule has 0 heterocycles. The monoisotopic (exact) mass is 744 g/mol. The zero-order chi connectivity index (χ0) is 31.8. The van der Waals surface area contributed by atoms with Gasteiger partial charge < -0.3 is 24.8 Å². The van der Waals surface area contributed by atoms with Gasteiger partial charge in [0.1, 0.15) is 0 Å². The normalized spacial score (nSPS) is 14.9. The Morgan fingerprint density at radius 2 is 1.27 bits per heavy atom. The average Bonchev–Trinajstić information content (AvgIpc) is 3.68. The molecule has 48 heavy (non-hydrogen) atoms. The standard InChI is InChI=1S/C25H17.C12H19.C8H8.2ClH.Zr/c1-3-7-18(8-4-1)20-11-13-24-22(15-20)17-23-16-21(12-14-25(23)24)19-9-5-2-6-10-19;1-5-6-10-7-8-11(9-10)12(2,3)4;1-2-8-6-4-3-5-7-8;;;/h1-15H,17H2;8-10H,5-6H2,1-4H3;3-7H,1H3;2*1H;/q;;;;;+2/p-2. The Balaban J connectivity index is 0.00000225. The smallest absolute Gasteiger partial charge is 1.00 e. The molecule has 0 amide bonds. The van der Waals surface area contributed by atoms with Crippen LogP contribution in [0.2, 0.25) is 0 Å². The number of hydrogen-bond donors (Lipinski definition) is 0. The van der Waals surface area contributed by atoms with Crippen molar-refractivity contribution in [2.75, 3.05) is 0 Å². The molecule has 0 fully saturated rings. The fourth-order valence-corrected chi connectivity index (χ4v) is 16.0. The Bertz CT molecular complexity index is 2000. The quantitative estimate of drug-likeness (QED) is 0.206. The van der Waals surface area contributed by atoms with Crippen LogP contribution >= 0.6 is 0 Å². The first-order valence-electron chi connectivity index (χ1n) is 16.9. The number of halogens is 2. The summed E-state index contributed by atoms with van der Waals surface area (Å²) in [5.74, 6) is 0.514. The fourth-order valence-electron chi connectivity index (χ4n) is 7.51. The minimum atomic E-state index is -2.76. The molecule has 242 valence electrons. The average molecular weight is 747 g/mol. The van der Waals surface area contributed by atoms with E-state index >= 15 is 0 Å². The number of allylic oxidation sites excluding steroid dienone is 4. The van der Waals surface area contributed by atoms with Gasteiger partial charge in [-0.2, -0.15) is 0 Å². The molecule has 1 unspecified atom stereocenters. The molecule has 2 aliphatic carbocycles. The van der Waals surface area contributed by atoms with E-state index in [-0.39, 0.29) is 30.2 Å².